The van der Waals surface area contributed by atoms with Crippen LogP contribution in [-0.4, -0.2) is 20.2 Å². The van der Waals surface area contributed by atoms with Crippen LogP contribution in [0.4, 0.5) is 0 Å². The standard InChI is InChI=1S/C21H38O2Si/c1-18(2,3)24(8,9)23-15-10-11-20(6)16-14(13-21(15,20)7)12-19(4,5)17(16)22/h14-16H,10-13H2,1-9H3/t14-,15+,16?,20+,21+/m1/s1. The quantitative estimate of drug-likeness (QED) is 0.587. The minimum Gasteiger partial charge on any atom is -0.413 e. The van der Waals surface area contributed by atoms with Crippen molar-refractivity contribution in [1.82, 2.24) is 0 Å². The topological polar surface area (TPSA) is 26.3 Å². The van der Waals surface area contributed by atoms with E-state index in [-0.39, 0.29) is 27.2 Å². The predicted molar refractivity (Wildman–Crippen MR) is 103 cm³/mol. The zero-order valence-electron chi connectivity index (χ0n) is 17.4. The van der Waals surface area contributed by atoms with Gasteiger partial charge in [0, 0.05) is 11.3 Å². The fourth-order valence-corrected chi connectivity index (χ4v) is 7.50. The van der Waals surface area contributed by atoms with E-state index in [1.54, 1.807) is 0 Å². The maximum absolute atomic E-state index is 13.1. The fourth-order valence-electron chi connectivity index (χ4n) is 6.05. The van der Waals surface area contributed by atoms with Gasteiger partial charge in [-0.15, -0.1) is 0 Å². The number of hydrogen-bond acceptors (Lipinski definition) is 2. The molecule has 3 heteroatoms. The summed E-state index contributed by atoms with van der Waals surface area (Å²) in [5, 5.41) is 0.245. The van der Waals surface area contributed by atoms with Crippen molar-refractivity contribution < 1.29 is 9.22 Å². The summed E-state index contributed by atoms with van der Waals surface area (Å²) in [7, 11) is -1.78. The Hall–Kier alpha value is -0.153. The maximum Gasteiger partial charge on any atom is 0.192 e. The van der Waals surface area contributed by atoms with Gasteiger partial charge in [0.15, 0.2) is 8.32 Å². The number of ketones is 1. The van der Waals surface area contributed by atoms with Gasteiger partial charge in [-0.05, 0) is 60.6 Å². The van der Waals surface area contributed by atoms with E-state index in [0.717, 1.165) is 19.3 Å². The van der Waals surface area contributed by atoms with Gasteiger partial charge >= 0.3 is 0 Å². The Bertz CT molecular complexity index is 559. The molecule has 3 fully saturated rings. The summed E-state index contributed by atoms with van der Waals surface area (Å²) < 4.78 is 6.93. The SMILES string of the molecule is CC1(C)C[C@@H]2C[C@@]3(C)[C@@H](O[Si](C)(C)C(C)(C)C)CC[C@@]3(C)C2C1=O. The Balaban J connectivity index is 1.90. The molecule has 0 aromatic heterocycles. The molecule has 0 radical (unpaired) electrons. The van der Waals surface area contributed by atoms with Crippen LogP contribution < -0.4 is 0 Å². The second-order valence-corrected chi connectivity index (χ2v) is 16.4. The molecular weight excluding hydrogens is 312 g/mol. The van der Waals surface area contributed by atoms with Crippen molar-refractivity contribution in [2.24, 2.45) is 28.1 Å². The van der Waals surface area contributed by atoms with Crippen molar-refractivity contribution in [2.45, 2.75) is 98.4 Å². The summed E-state index contributed by atoms with van der Waals surface area (Å²) in [5.41, 5.74) is 0.192. The first-order valence-electron chi connectivity index (χ1n) is 9.88. The van der Waals surface area contributed by atoms with E-state index in [9.17, 15) is 4.79 Å². The molecule has 3 aliphatic carbocycles. The number of rotatable bonds is 2. The third-order valence-electron chi connectivity index (χ3n) is 8.75. The van der Waals surface area contributed by atoms with Gasteiger partial charge < -0.3 is 4.43 Å². The molecule has 0 N–H and O–H groups in total. The highest BCUT2D eigenvalue weighted by Crippen LogP contribution is 2.72. The summed E-state index contributed by atoms with van der Waals surface area (Å²) in [5.74, 6) is 1.38. The molecule has 0 saturated heterocycles. The lowest BCUT2D eigenvalue weighted by molar-refractivity contribution is -0.132. The minimum absolute atomic E-state index is 0.113. The van der Waals surface area contributed by atoms with Gasteiger partial charge in [0.25, 0.3) is 0 Å². The van der Waals surface area contributed by atoms with Crippen molar-refractivity contribution in [3.8, 4) is 0 Å². The van der Waals surface area contributed by atoms with Crippen LogP contribution in [-0.2, 0) is 9.22 Å². The number of Topliss-reactive ketones (excluding diaryl/α,β-unsaturated/α-hetero) is 1. The van der Waals surface area contributed by atoms with E-state index in [0.29, 0.717) is 17.8 Å². The Kier molecular flexibility index (Phi) is 3.86. The van der Waals surface area contributed by atoms with Gasteiger partial charge in [0.05, 0.1) is 6.10 Å². The lowest BCUT2D eigenvalue weighted by Gasteiger charge is -2.46. The molecule has 0 spiro atoms. The van der Waals surface area contributed by atoms with Crippen molar-refractivity contribution in [1.29, 1.82) is 0 Å². The minimum atomic E-state index is -1.78. The van der Waals surface area contributed by atoms with Gasteiger partial charge in [0.1, 0.15) is 5.78 Å². The third-order valence-corrected chi connectivity index (χ3v) is 13.2. The predicted octanol–water partition coefficient (Wildman–Crippen LogP) is 5.82. The summed E-state index contributed by atoms with van der Waals surface area (Å²) in [6.45, 7) is 20.9. The molecule has 24 heavy (non-hydrogen) atoms. The first-order chi connectivity index (χ1) is 10.7. The highest BCUT2D eigenvalue weighted by atomic mass is 28.4. The van der Waals surface area contributed by atoms with E-state index in [4.69, 9.17) is 4.43 Å². The van der Waals surface area contributed by atoms with Crippen LogP contribution in [0.25, 0.3) is 0 Å². The highest BCUT2D eigenvalue weighted by Gasteiger charge is 2.70. The summed E-state index contributed by atoms with van der Waals surface area (Å²) in [4.78, 5) is 13.1. The molecular formula is C21H38O2Si. The van der Waals surface area contributed by atoms with Crippen molar-refractivity contribution in [2.75, 3.05) is 0 Å². The highest BCUT2D eigenvalue weighted by molar-refractivity contribution is 6.74. The number of carbonyl (C=O) groups is 1. The Labute approximate surface area is 150 Å². The lowest BCUT2D eigenvalue weighted by atomic mass is 9.64. The van der Waals surface area contributed by atoms with Gasteiger partial charge in [0.2, 0.25) is 0 Å². The van der Waals surface area contributed by atoms with Crippen LogP contribution in [0.15, 0.2) is 0 Å². The van der Waals surface area contributed by atoms with Crippen molar-refractivity contribution >= 4 is 14.1 Å². The van der Waals surface area contributed by atoms with Gasteiger partial charge in [-0.2, -0.15) is 0 Å². The average Bonchev–Trinajstić information content (AvgIpc) is 2.83. The van der Waals surface area contributed by atoms with Gasteiger partial charge in [-0.25, -0.2) is 0 Å². The Morgan fingerprint density at radius 1 is 1.04 bits per heavy atom. The first kappa shape index (κ1) is 18.6. The normalized spacial score (nSPS) is 44.7. The third kappa shape index (κ3) is 2.26. The van der Waals surface area contributed by atoms with Crippen LogP contribution in [0.2, 0.25) is 18.1 Å². The molecule has 5 atom stereocenters. The van der Waals surface area contributed by atoms with Crippen LogP contribution in [0, 0.1) is 28.1 Å². The zero-order chi connectivity index (χ0) is 18.3. The molecule has 3 saturated carbocycles. The van der Waals surface area contributed by atoms with E-state index in [1.807, 2.05) is 0 Å². The molecule has 138 valence electrons. The number of fused-ring (bicyclic) bond motifs is 3. The molecule has 0 aromatic rings. The summed E-state index contributed by atoms with van der Waals surface area (Å²) in [6, 6.07) is 0. The largest absolute Gasteiger partial charge is 0.413 e. The second-order valence-electron chi connectivity index (χ2n) is 11.6. The smallest absolute Gasteiger partial charge is 0.192 e. The van der Waals surface area contributed by atoms with E-state index in [1.165, 1.54) is 6.42 Å². The molecule has 0 bridgehead atoms. The van der Waals surface area contributed by atoms with Crippen molar-refractivity contribution in [3.63, 3.8) is 0 Å². The van der Waals surface area contributed by atoms with Gasteiger partial charge in [-0.3, -0.25) is 4.79 Å². The lowest BCUT2D eigenvalue weighted by Crippen LogP contribution is -2.49. The Morgan fingerprint density at radius 2 is 1.62 bits per heavy atom. The molecule has 1 unspecified atom stereocenters. The van der Waals surface area contributed by atoms with Crippen LogP contribution in [0.1, 0.15) is 74.1 Å². The van der Waals surface area contributed by atoms with E-state index >= 15 is 0 Å². The maximum atomic E-state index is 13.1. The summed E-state index contributed by atoms with van der Waals surface area (Å²) >= 11 is 0. The molecule has 3 aliphatic rings. The monoisotopic (exact) mass is 350 g/mol. The van der Waals surface area contributed by atoms with Crippen LogP contribution in [0.5, 0.6) is 0 Å². The first-order valence-corrected chi connectivity index (χ1v) is 12.8. The van der Waals surface area contributed by atoms with Gasteiger partial charge in [-0.1, -0.05) is 48.5 Å². The average molecular weight is 351 g/mol. The zero-order valence-corrected chi connectivity index (χ0v) is 18.4. The fraction of sp³-hybridized carbons (Fsp3) is 0.952. The van der Waals surface area contributed by atoms with Crippen LogP contribution >= 0.6 is 0 Å². The molecule has 0 heterocycles. The molecule has 3 rings (SSSR count). The molecule has 2 nitrogen and oxygen atoms in total. The molecule has 0 amide bonds. The van der Waals surface area contributed by atoms with Crippen LogP contribution in [0.3, 0.4) is 0 Å². The number of carbonyl (C=O) groups excluding carboxylic acids is 1. The summed E-state index contributed by atoms with van der Waals surface area (Å²) in [6.07, 6.45) is 4.89. The molecule has 0 aliphatic heterocycles. The van der Waals surface area contributed by atoms with E-state index < -0.39 is 8.32 Å². The van der Waals surface area contributed by atoms with E-state index in [2.05, 4.69) is 61.6 Å². The van der Waals surface area contributed by atoms with Crippen molar-refractivity contribution in [3.05, 3.63) is 0 Å². The number of hydrogen-bond donors (Lipinski definition) is 0. The Morgan fingerprint density at radius 3 is 2.17 bits per heavy atom. The second kappa shape index (κ2) is 4.97. The molecule has 0 aromatic carbocycles.